The molecule has 1 N–H and O–H groups in total. The molecular formula is C20H32Cl2N2O3. The number of methoxy groups -OCH3 is 1. The van der Waals surface area contributed by atoms with Crippen molar-refractivity contribution in [3.8, 4) is 11.5 Å². The molecule has 0 bridgehead atoms. The van der Waals surface area contributed by atoms with Gasteiger partial charge in [0.05, 0.1) is 18.7 Å². The number of nitrogens with zero attached hydrogens (tertiary/aromatic N) is 1. The van der Waals surface area contributed by atoms with Gasteiger partial charge >= 0.3 is 0 Å². The summed E-state index contributed by atoms with van der Waals surface area (Å²) < 4.78 is 11.2. The van der Waals surface area contributed by atoms with Crippen molar-refractivity contribution in [3.05, 3.63) is 22.7 Å². The lowest BCUT2D eigenvalue weighted by Gasteiger charge is -2.32. The Morgan fingerprint density at radius 3 is 2.56 bits per heavy atom. The van der Waals surface area contributed by atoms with E-state index in [9.17, 15) is 4.79 Å². The van der Waals surface area contributed by atoms with Gasteiger partial charge in [0, 0.05) is 18.7 Å². The molecule has 0 atom stereocenters. The third-order valence-electron chi connectivity index (χ3n) is 4.81. The molecular weight excluding hydrogens is 387 g/mol. The molecule has 1 amide bonds. The normalized spacial score (nSPS) is 14.8. The third-order valence-corrected chi connectivity index (χ3v) is 5.09. The minimum absolute atomic E-state index is 0. The highest BCUT2D eigenvalue weighted by Crippen LogP contribution is 2.37. The molecule has 1 aliphatic rings. The molecule has 1 aromatic carbocycles. The van der Waals surface area contributed by atoms with Crippen molar-refractivity contribution < 1.29 is 14.3 Å². The highest BCUT2D eigenvalue weighted by atomic mass is 35.5. The number of benzene rings is 1. The molecule has 1 heterocycles. The summed E-state index contributed by atoms with van der Waals surface area (Å²) in [4.78, 5) is 14.8. The van der Waals surface area contributed by atoms with Crippen LogP contribution in [0.25, 0.3) is 0 Å². The zero-order valence-electron chi connectivity index (χ0n) is 16.7. The Morgan fingerprint density at radius 2 is 2.00 bits per heavy atom. The number of carbonyl (C=O) groups excluding carboxylic acids is 1. The van der Waals surface area contributed by atoms with E-state index in [0.29, 0.717) is 40.5 Å². The summed E-state index contributed by atoms with van der Waals surface area (Å²) in [6, 6.07) is 3.43. The van der Waals surface area contributed by atoms with E-state index in [1.807, 2.05) is 11.9 Å². The van der Waals surface area contributed by atoms with E-state index < -0.39 is 0 Å². The zero-order valence-corrected chi connectivity index (χ0v) is 18.3. The van der Waals surface area contributed by atoms with Crippen LogP contribution in [-0.4, -0.2) is 51.2 Å². The standard InChI is InChI=1S/C20H31ClN2O3.ClH/c1-14(2)7-10-26-19-17(21)11-16(12-18(19)25-4)20(24)23-8-5-15(6-9-23)13-22-3;/h11-12,14-15,22H,5-10,13H2,1-4H3;1H. The topological polar surface area (TPSA) is 50.8 Å². The molecule has 0 spiro atoms. The second kappa shape index (κ2) is 11.6. The lowest BCUT2D eigenvalue weighted by Crippen LogP contribution is -2.40. The summed E-state index contributed by atoms with van der Waals surface area (Å²) in [5.74, 6) is 2.21. The smallest absolute Gasteiger partial charge is 0.254 e. The maximum atomic E-state index is 12.9. The predicted octanol–water partition coefficient (Wildman–Crippen LogP) is 4.27. The Morgan fingerprint density at radius 1 is 1.33 bits per heavy atom. The van der Waals surface area contributed by atoms with Gasteiger partial charge in [0.15, 0.2) is 11.5 Å². The average Bonchev–Trinajstić information content (AvgIpc) is 2.62. The summed E-state index contributed by atoms with van der Waals surface area (Å²) in [6.07, 6.45) is 2.98. The molecule has 7 heteroatoms. The Labute approximate surface area is 174 Å². The molecule has 1 fully saturated rings. The van der Waals surface area contributed by atoms with Crippen molar-refractivity contribution in [3.63, 3.8) is 0 Å². The minimum atomic E-state index is 0. The Hall–Kier alpha value is -1.17. The van der Waals surface area contributed by atoms with Crippen molar-refractivity contribution in [1.82, 2.24) is 10.2 Å². The van der Waals surface area contributed by atoms with E-state index >= 15 is 0 Å². The van der Waals surface area contributed by atoms with Gasteiger partial charge in [0.1, 0.15) is 0 Å². The van der Waals surface area contributed by atoms with Crippen molar-refractivity contribution in [1.29, 1.82) is 0 Å². The van der Waals surface area contributed by atoms with Crippen molar-refractivity contribution >= 4 is 29.9 Å². The molecule has 1 aromatic rings. The number of amides is 1. The summed E-state index contributed by atoms with van der Waals surface area (Å²) >= 11 is 6.39. The first-order valence-corrected chi connectivity index (χ1v) is 9.78. The molecule has 0 aliphatic carbocycles. The van der Waals surface area contributed by atoms with Crippen molar-refractivity contribution in [2.75, 3.05) is 40.4 Å². The first-order valence-electron chi connectivity index (χ1n) is 9.40. The average molecular weight is 419 g/mol. The number of piperidine rings is 1. The summed E-state index contributed by atoms with van der Waals surface area (Å²) in [5.41, 5.74) is 0.551. The van der Waals surface area contributed by atoms with E-state index in [1.54, 1.807) is 19.2 Å². The molecule has 154 valence electrons. The maximum Gasteiger partial charge on any atom is 0.254 e. The lowest BCUT2D eigenvalue weighted by atomic mass is 9.96. The third kappa shape index (κ3) is 6.74. The number of carbonyl (C=O) groups is 1. The Balaban J connectivity index is 0.00000364. The van der Waals surface area contributed by atoms with E-state index in [0.717, 1.165) is 38.9 Å². The number of halogens is 2. The highest BCUT2D eigenvalue weighted by Gasteiger charge is 2.25. The van der Waals surface area contributed by atoms with Crippen LogP contribution in [0.4, 0.5) is 0 Å². The van der Waals surface area contributed by atoms with Gasteiger partial charge in [-0.05, 0) is 56.8 Å². The van der Waals surface area contributed by atoms with Gasteiger partial charge in [0.2, 0.25) is 0 Å². The van der Waals surface area contributed by atoms with Crippen LogP contribution in [0.15, 0.2) is 12.1 Å². The Kier molecular flexibility index (Phi) is 10.3. The molecule has 0 saturated carbocycles. The monoisotopic (exact) mass is 418 g/mol. The van der Waals surface area contributed by atoms with Crippen LogP contribution in [0.3, 0.4) is 0 Å². The molecule has 0 radical (unpaired) electrons. The van der Waals surface area contributed by atoms with Gasteiger partial charge in [-0.25, -0.2) is 0 Å². The van der Waals surface area contributed by atoms with Crippen molar-refractivity contribution in [2.45, 2.75) is 33.1 Å². The van der Waals surface area contributed by atoms with Crippen LogP contribution in [0.5, 0.6) is 11.5 Å². The van der Waals surface area contributed by atoms with Crippen LogP contribution < -0.4 is 14.8 Å². The van der Waals surface area contributed by atoms with E-state index in [-0.39, 0.29) is 18.3 Å². The second-order valence-electron chi connectivity index (χ2n) is 7.31. The number of nitrogens with one attached hydrogen (secondary N) is 1. The van der Waals surface area contributed by atoms with E-state index in [1.165, 1.54) is 0 Å². The Bertz CT molecular complexity index is 603. The van der Waals surface area contributed by atoms with Gasteiger partial charge in [-0.3, -0.25) is 4.79 Å². The molecule has 2 rings (SSSR count). The molecule has 0 aromatic heterocycles. The van der Waals surface area contributed by atoms with Gasteiger partial charge in [-0.1, -0.05) is 25.4 Å². The van der Waals surface area contributed by atoms with Crippen molar-refractivity contribution in [2.24, 2.45) is 11.8 Å². The maximum absolute atomic E-state index is 12.9. The van der Waals surface area contributed by atoms with Crippen LogP contribution >= 0.6 is 24.0 Å². The van der Waals surface area contributed by atoms with Crippen LogP contribution in [0, 0.1) is 11.8 Å². The fourth-order valence-corrected chi connectivity index (χ4v) is 3.46. The van der Waals surface area contributed by atoms with E-state index in [4.69, 9.17) is 21.1 Å². The summed E-state index contributed by atoms with van der Waals surface area (Å²) in [5, 5.41) is 3.63. The second-order valence-corrected chi connectivity index (χ2v) is 7.72. The quantitative estimate of drug-likeness (QED) is 0.684. The van der Waals surface area contributed by atoms with E-state index in [2.05, 4.69) is 19.2 Å². The largest absolute Gasteiger partial charge is 0.493 e. The molecule has 5 nitrogen and oxygen atoms in total. The number of likely N-dealkylation sites (tertiary alicyclic amines) is 1. The fourth-order valence-electron chi connectivity index (χ4n) is 3.19. The number of ether oxygens (including phenoxy) is 2. The molecule has 27 heavy (non-hydrogen) atoms. The first-order chi connectivity index (χ1) is 12.5. The lowest BCUT2D eigenvalue weighted by molar-refractivity contribution is 0.0690. The van der Waals surface area contributed by atoms with Gasteiger partial charge in [-0.15, -0.1) is 12.4 Å². The van der Waals surface area contributed by atoms with Gasteiger partial charge in [-0.2, -0.15) is 0 Å². The SMILES string of the molecule is CNCC1CCN(C(=O)c2cc(Cl)c(OCCC(C)C)c(OC)c2)CC1.Cl. The van der Waals surface area contributed by atoms with Gasteiger partial charge in [0.25, 0.3) is 5.91 Å². The van der Waals surface area contributed by atoms with Crippen LogP contribution in [0.2, 0.25) is 5.02 Å². The molecule has 1 saturated heterocycles. The fraction of sp³-hybridized carbons (Fsp3) is 0.650. The summed E-state index contributed by atoms with van der Waals surface area (Å²) in [6.45, 7) is 7.41. The zero-order chi connectivity index (χ0) is 19.1. The van der Waals surface area contributed by atoms with Gasteiger partial charge < -0.3 is 19.7 Å². The van der Waals surface area contributed by atoms with Crippen LogP contribution in [0.1, 0.15) is 43.5 Å². The first kappa shape index (κ1) is 23.9. The number of hydrogen-bond donors (Lipinski definition) is 1. The molecule has 0 unspecified atom stereocenters. The highest BCUT2D eigenvalue weighted by molar-refractivity contribution is 6.32. The molecule has 1 aliphatic heterocycles. The number of rotatable bonds is 8. The minimum Gasteiger partial charge on any atom is -0.493 e. The number of hydrogen-bond acceptors (Lipinski definition) is 4. The summed E-state index contributed by atoms with van der Waals surface area (Å²) in [7, 11) is 3.54. The van der Waals surface area contributed by atoms with Crippen LogP contribution in [-0.2, 0) is 0 Å². The predicted molar refractivity (Wildman–Crippen MR) is 113 cm³/mol.